The van der Waals surface area contributed by atoms with Crippen LogP contribution in [-0.4, -0.2) is 57.2 Å². The highest BCUT2D eigenvalue weighted by molar-refractivity contribution is 6.00. The molecule has 2 aromatic heterocycles. The lowest BCUT2D eigenvalue weighted by Gasteiger charge is -2.34. The summed E-state index contributed by atoms with van der Waals surface area (Å²) in [5, 5.41) is 10.4. The first-order valence-electron chi connectivity index (χ1n) is 8.79. The van der Waals surface area contributed by atoms with Gasteiger partial charge in [-0.25, -0.2) is 0 Å². The summed E-state index contributed by atoms with van der Waals surface area (Å²) in [6, 6.07) is 4.81. The molecular formula is C18H24N6O2. The summed E-state index contributed by atoms with van der Waals surface area (Å²) in [6.07, 6.45) is 1.61. The summed E-state index contributed by atoms with van der Waals surface area (Å²) in [5.41, 5.74) is 2.80. The zero-order chi connectivity index (χ0) is 18.7. The minimum atomic E-state index is -0.593. The van der Waals surface area contributed by atoms with Crippen molar-refractivity contribution in [2.45, 2.75) is 33.4 Å². The van der Waals surface area contributed by atoms with E-state index in [1.54, 1.807) is 27.9 Å². The van der Waals surface area contributed by atoms with Crippen LogP contribution in [-0.2, 0) is 11.3 Å². The highest BCUT2D eigenvalue weighted by Crippen LogP contribution is 2.14. The Kier molecular flexibility index (Phi) is 5.32. The van der Waals surface area contributed by atoms with Gasteiger partial charge in [-0.3, -0.25) is 19.3 Å². The van der Waals surface area contributed by atoms with Crippen LogP contribution in [0.2, 0.25) is 0 Å². The summed E-state index contributed by atoms with van der Waals surface area (Å²) in [5.74, 6) is -0.452. The fraction of sp³-hybridized carbons (Fsp3) is 0.444. The summed E-state index contributed by atoms with van der Waals surface area (Å²) in [4.78, 5) is 31.4. The fourth-order valence-electron chi connectivity index (χ4n) is 3.03. The number of anilines is 1. The first kappa shape index (κ1) is 18.1. The van der Waals surface area contributed by atoms with Crippen molar-refractivity contribution < 1.29 is 9.59 Å². The SMILES string of the molecule is CCn1nc(C(=O)N2CCNC[C@@H]2C(=O)Nc2ccc(C)nc2)cc1C. The Hall–Kier alpha value is -2.74. The third kappa shape index (κ3) is 3.75. The number of pyridine rings is 1. The zero-order valence-corrected chi connectivity index (χ0v) is 15.3. The Morgan fingerprint density at radius 1 is 1.35 bits per heavy atom. The molecule has 1 aliphatic rings. The number of rotatable bonds is 4. The summed E-state index contributed by atoms with van der Waals surface area (Å²) >= 11 is 0. The average molecular weight is 356 g/mol. The van der Waals surface area contributed by atoms with E-state index in [1.165, 1.54) is 0 Å². The van der Waals surface area contributed by atoms with Crippen LogP contribution in [0.4, 0.5) is 5.69 Å². The van der Waals surface area contributed by atoms with Crippen molar-refractivity contribution in [1.82, 2.24) is 25.0 Å². The van der Waals surface area contributed by atoms with Gasteiger partial charge in [0, 0.05) is 37.6 Å². The van der Waals surface area contributed by atoms with E-state index in [1.807, 2.05) is 26.8 Å². The van der Waals surface area contributed by atoms with Crippen molar-refractivity contribution in [3.63, 3.8) is 0 Å². The monoisotopic (exact) mass is 356 g/mol. The lowest BCUT2D eigenvalue weighted by molar-refractivity contribution is -0.121. The maximum Gasteiger partial charge on any atom is 0.275 e. The molecule has 1 aliphatic heterocycles. The van der Waals surface area contributed by atoms with Gasteiger partial charge >= 0.3 is 0 Å². The fourth-order valence-corrected chi connectivity index (χ4v) is 3.03. The number of aryl methyl sites for hydroxylation is 3. The smallest absolute Gasteiger partial charge is 0.275 e. The largest absolute Gasteiger partial charge is 0.323 e. The van der Waals surface area contributed by atoms with Crippen LogP contribution < -0.4 is 10.6 Å². The van der Waals surface area contributed by atoms with Crippen LogP contribution in [0.15, 0.2) is 24.4 Å². The van der Waals surface area contributed by atoms with E-state index in [0.29, 0.717) is 37.6 Å². The number of carbonyl (C=O) groups is 2. The van der Waals surface area contributed by atoms with E-state index >= 15 is 0 Å². The van der Waals surface area contributed by atoms with Gasteiger partial charge in [0.15, 0.2) is 5.69 Å². The van der Waals surface area contributed by atoms with E-state index in [2.05, 4.69) is 20.7 Å². The first-order valence-corrected chi connectivity index (χ1v) is 8.79. The maximum absolute atomic E-state index is 12.9. The second kappa shape index (κ2) is 7.65. The van der Waals surface area contributed by atoms with Crippen molar-refractivity contribution in [3.05, 3.63) is 41.5 Å². The van der Waals surface area contributed by atoms with Crippen molar-refractivity contribution in [3.8, 4) is 0 Å². The third-order valence-electron chi connectivity index (χ3n) is 4.49. The molecule has 3 heterocycles. The van der Waals surface area contributed by atoms with E-state index in [9.17, 15) is 9.59 Å². The molecule has 0 saturated carbocycles. The molecule has 0 bridgehead atoms. The number of hydrogen-bond acceptors (Lipinski definition) is 5. The van der Waals surface area contributed by atoms with Gasteiger partial charge in [-0.2, -0.15) is 5.10 Å². The number of nitrogens with one attached hydrogen (secondary N) is 2. The number of hydrogen-bond donors (Lipinski definition) is 2. The van der Waals surface area contributed by atoms with Gasteiger partial charge in [0.2, 0.25) is 5.91 Å². The van der Waals surface area contributed by atoms with Crippen LogP contribution in [0.1, 0.15) is 28.8 Å². The topological polar surface area (TPSA) is 92.2 Å². The Bertz CT molecular complexity index is 799. The number of carbonyl (C=O) groups excluding carboxylic acids is 2. The van der Waals surface area contributed by atoms with E-state index < -0.39 is 6.04 Å². The highest BCUT2D eigenvalue weighted by atomic mass is 16.2. The van der Waals surface area contributed by atoms with Gasteiger partial charge in [0.25, 0.3) is 5.91 Å². The molecule has 2 amide bonds. The molecule has 1 atom stereocenters. The predicted molar refractivity (Wildman–Crippen MR) is 97.9 cm³/mol. The molecule has 8 heteroatoms. The molecule has 0 unspecified atom stereocenters. The number of amides is 2. The summed E-state index contributed by atoms with van der Waals surface area (Å²) < 4.78 is 1.78. The van der Waals surface area contributed by atoms with Crippen LogP contribution in [0.25, 0.3) is 0 Å². The Labute approximate surface area is 152 Å². The third-order valence-corrected chi connectivity index (χ3v) is 4.49. The lowest BCUT2D eigenvalue weighted by atomic mass is 10.1. The number of aromatic nitrogens is 3. The molecule has 2 aromatic rings. The van der Waals surface area contributed by atoms with Crippen LogP contribution in [0, 0.1) is 13.8 Å². The molecule has 0 spiro atoms. The Morgan fingerprint density at radius 3 is 2.81 bits per heavy atom. The van der Waals surface area contributed by atoms with Gasteiger partial charge in [-0.05, 0) is 39.0 Å². The van der Waals surface area contributed by atoms with Crippen molar-refractivity contribution >= 4 is 17.5 Å². The molecule has 26 heavy (non-hydrogen) atoms. The maximum atomic E-state index is 12.9. The van der Waals surface area contributed by atoms with Crippen LogP contribution in [0.5, 0.6) is 0 Å². The molecule has 8 nitrogen and oxygen atoms in total. The number of piperazine rings is 1. The molecule has 3 rings (SSSR count). The molecule has 0 aromatic carbocycles. The molecular weight excluding hydrogens is 332 g/mol. The Morgan fingerprint density at radius 2 is 2.15 bits per heavy atom. The molecule has 0 aliphatic carbocycles. The zero-order valence-electron chi connectivity index (χ0n) is 15.3. The first-order chi connectivity index (χ1) is 12.5. The normalized spacial score (nSPS) is 17.2. The lowest BCUT2D eigenvalue weighted by Crippen LogP contribution is -2.58. The van der Waals surface area contributed by atoms with Gasteiger partial charge in [-0.1, -0.05) is 0 Å². The van der Waals surface area contributed by atoms with Crippen molar-refractivity contribution in [1.29, 1.82) is 0 Å². The van der Waals surface area contributed by atoms with Crippen molar-refractivity contribution in [2.75, 3.05) is 25.0 Å². The highest BCUT2D eigenvalue weighted by Gasteiger charge is 2.33. The molecule has 1 fully saturated rings. The van der Waals surface area contributed by atoms with Gasteiger partial charge in [-0.15, -0.1) is 0 Å². The van der Waals surface area contributed by atoms with Crippen molar-refractivity contribution in [2.24, 2.45) is 0 Å². The average Bonchev–Trinajstić information content (AvgIpc) is 3.03. The van der Waals surface area contributed by atoms with Gasteiger partial charge in [0.1, 0.15) is 6.04 Å². The van der Waals surface area contributed by atoms with E-state index in [-0.39, 0.29) is 11.8 Å². The standard InChI is InChI=1S/C18H24N6O2/c1-4-24-13(3)9-15(22-24)18(26)23-8-7-19-11-16(23)17(25)21-14-6-5-12(2)20-10-14/h5-6,9-10,16,19H,4,7-8,11H2,1-3H3,(H,21,25)/t16-/m1/s1. The summed E-state index contributed by atoms with van der Waals surface area (Å²) in [7, 11) is 0. The predicted octanol–water partition coefficient (Wildman–Crippen LogP) is 0.968. The van der Waals surface area contributed by atoms with Gasteiger partial charge in [0.05, 0.1) is 11.9 Å². The second-order valence-electron chi connectivity index (χ2n) is 6.38. The van der Waals surface area contributed by atoms with E-state index in [0.717, 1.165) is 11.4 Å². The number of nitrogens with zero attached hydrogens (tertiary/aromatic N) is 4. The minimum absolute atomic E-state index is 0.219. The molecule has 138 valence electrons. The minimum Gasteiger partial charge on any atom is -0.323 e. The van der Waals surface area contributed by atoms with Gasteiger partial charge < -0.3 is 15.5 Å². The second-order valence-corrected chi connectivity index (χ2v) is 6.38. The molecule has 2 N–H and O–H groups in total. The molecule has 1 saturated heterocycles. The molecule has 0 radical (unpaired) electrons. The summed E-state index contributed by atoms with van der Waals surface area (Å²) in [6.45, 7) is 7.99. The van der Waals surface area contributed by atoms with Crippen LogP contribution in [0.3, 0.4) is 0 Å². The Balaban J connectivity index is 1.77. The van der Waals surface area contributed by atoms with Crippen LogP contribution >= 0.6 is 0 Å². The quantitative estimate of drug-likeness (QED) is 0.852. The van der Waals surface area contributed by atoms with E-state index in [4.69, 9.17) is 0 Å².